The number of carbonyl (C=O) groups is 2. The van der Waals surface area contributed by atoms with Crippen molar-refractivity contribution in [3.05, 3.63) is 47.0 Å². The third-order valence-electron chi connectivity index (χ3n) is 5.31. The van der Waals surface area contributed by atoms with E-state index in [2.05, 4.69) is 16.5 Å². The topological polar surface area (TPSA) is 61.3 Å². The Morgan fingerprint density at radius 2 is 1.68 bits per heavy atom. The normalized spacial score (nSPS) is 17.8. The minimum absolute atomic E-state index is 0.00371. The molecule has 6 nitrogen and oxygen atoms in total. The van der Waals surface area contributed by atoms with Crippen molar-refractivity contribution in [2.75, 3.05) is 26.2 Å². The Morgan fingerprint density at radius 1 is 1.04 bits per heavy atom. The van der Waals surface area contributed by atoms with E-state index in [9.17, 15) is 9.59 Å². The summed E-state index contributed by atoms with van der Waals surface area (Å²) in [5.74, 6) is 0.0935. The molecule has 1 aliphatic heterocycles. The van der Waals surface area contributed by atoms with Gasteiger partial charge in [-0.05, 0) is 44.9 Å². The second-order valence-corrected chi connectivity index (χ2v) is 7.05. The van der Waals surface area contributed by atoms with E-state index in [4.69, 9.17) is 0 Å². The Hall–Kier alpha value is -2.50. The van der Waals surface area contributed by atoms with Gasteiger partial charge in [0, 0.05) is 49.8 Å². The highest BCUT2D eigenvalue weighted by molar-refractivity contribution is 5.96. The molecule has 2 amide bonds. The van der Waals surface area contributed by atoms with Crippen molar-refractivity contribution in [2.24, 2.45) is 0 Å². The van der Waals surface area contributed by atoms with E-state index in [-0.39, 0.29) is 11.8 Å². The molecule has 25 heavy (non-hydrogen) atoms. The molecule has 4 rings (SSSR count). The molecule has 0 atom stereocenters. The lowest BCUT2D eigenvalue weighted by molar-refractivity contribution is 0.0532. The minimum Gasteiger partial charge on any atom is -0.357 e. The highest BCUT2D eigenvalue weighted by Crippen LogP contribution is 2.38. The van der Waals surface area contributed by atoms with Crippen molar-refractivity contribution >= 4 is 11.8 Å². The molecule has 2 fully saturated rings. The SMILES string of the molecule is Cc1cc(C(=O)N2CCN(C(=O)c3ccc[nH]3)CC2)c(C)n1C1CC1. The fourth-order valence-corrected chi connectivity index (χ4v) is 3.80. The first-order valence-electron chi connectivity index (χ1n) is 8.96. The lowest BCUT2D eigenvalue weighted by Gasteiger charge is -2.34. The van der Waals surface area contributed by atoms with Crippen LogP contribution in [0.2, 0.25) is 0 Å². The van der Waals surface area contributed by atoms with Crippen LogP contribution in [-0.2, 0) is 0 Å². The maximum atomic E-state index is 12.9. The van der Waals surface area contributed by atoms with Gasteiger partial charge in [0.2, 0.25) is 0 Å². The number of nitrogens with one attached hydrogen (secondary N) is 1. The molecule has 0 aromatic carbocycles. The Morgan fingerprint density at radius 3 is 2.24 bits per heavy atom. The number of hydrogen-bond acceptors (Lipinski definition) is 2. The van der Waals surface area contributed by atoms with Gasteiger partial charge >= 0.3 is 0 Å². The summed E-state index contributed by atoms with van der Waals surface area (Å²) in [6.45, 7) is 6.44. The van der Waals surface area contributed by atoms with Crippen molar-refractivity contribution in [3.8, 4) is 0 Å². The predicted molar refractivity (Wildman–Crippen MR) is 94.8 cm³/mol. The van der Waals surface area contributed by atoms with Gasteiger partial charge in [0.15, 0.2) is 0 Å². The number of nitrogens with zero attached hydrogens (tertiary/aromatic N) is 3. The maximum Gasteiger partial charge on any atom is 0.270 e. The first-order chi connectivity index (χ1) is 12.1. The fraction of sp³-hybridized carbons (Fsp3) is 0.474. The number of piperazine rings is 1. The molecule has 2 aromatic rings. The van der Waals surface area contributed by atoms with Crippen LogP contribution in [-0.4, -0.2) is 57.3 Å². The van der Waals surface area contributed by atoms with Gasteiger partial charge in [0.1, 0.15) is 5.69 Å². The summed E-state index contributed by atoms with van der Waals surface area (Å²) < 4.78 is 2.30. The molecule has 0 radical (unpaired) electrons. The van der Waals surface area contributed by atoms with Gasteiger partial charge in [-0.1, -0.05) is 0 Å². The molecule has 2 aliphatic rings. The highest BCUT2D eigenvalue weighted by atomic mass is 16.2. The van der Waals surface area contributed by atoms with E-state index < -0.39 is 0 Å². The Balaban J connectivity index is 1.43. The van der Waals surface area contributed by atoms with Crippen LogP contribution < -0.4 is 0 Å². The fourth-order valence-electron chi connectivity index (χ4n) is 3.80. The van der Waals surface area contributed by atoms with Crippen molar-refractivity contribution in [1.29, 1.82) is 0 Å². The number of amides is 2. The minimum atomic E-state index is 0.00371. The van der Waals surface area contributed by atoms with Gasteiger partial charge in [0.25, 0.3) is 11.8 Å². The number of H-pyrrole nitrogens is 1. The van der Waals surface area contributed by atoms with Crippen LogP contribution in [0.5, 0.6) is 0 Å². The first kappa shape index (κ1) is 16.0. The molecule has 2 aromatic heterocycles. The van der Waals surface area contributed by atoms with E-state index in [1.54, 1.807) is 12.3 Å². The quantitative estimate of drug-likeness (QED) is 0.932. The Bertz CT molecular complexity index is 794. The first-order valence-corrected chi connectivity index (χ1v) is 8.96. The predicted octanol–water partition coefficient (Wildman–Crippen LogP) is 2.37. The molecular weight excluding hydrogens is 316 g/mol. The zero-order valence-electron chi connectivity index (χ0n) is 14.8. The zero-order chi connectivity index (χ0) is 17.6. The molecular formula is C19H24N4O2. The van der Waals surface area contributed by atoms with E-state index >= 15 is 0 Å². The van der Waals surface area contributed by atoms with E-state index in [0.717, 1.165) is 11.3 Å². The van der Waals surface area contributed by atoms with Crippen molar-refractivity contribution in [2.45, 2.75) is 32.7 Å². The molecule has 3 heterocycles. The van der Waals surface area contributed by atoms with Crippen LogP contribution in [0.15, 0.2) is 24.4 Å². The molecule has 1 N–H and O–H groups in total. The number of hydrogen-bond donors (Lipinski definition) is 1. The number of rotatable bonds is 3. The average molecular weight is 340 g/mol. The van der Waals surface area contributed by atoms with Crippen LogP contribution in [0.25, 0.3) is 0 Å². The Kier molecular flexibility index (Phi) is 3.90. The van der Waals surface area contributed by atoms with Crippen molar-refractivity contribution < 1.29 is 9.59 Å². The molecule has 0 bridgehead atoms. The van der Waals surface area contributed by atoms with Crippen LogP contribution in [0, 0.1) is 13.8 Å². The van der Waals surface area contributed by atoms with Crippen LogP contribution in [0.3, 0.4) is 0 Å². The maximum absolute atomic E-state index is 12.9. The third kappa shape index (κ3) is 2.86. The molecule has 1 saturated carbocycles. The summed E-state index contributed by atoms with van der Waals surface area (Å²) >= 11 is 0. The standard InChI is InChI=1S/C19H24N4O2/c1-13-12-16(14(2)23(13)15-5-6-15)18(24)21-8-10-22(11-9-21)19(25)17-4-3-7-20-17/h3-4,7,12,15,20H,5-6,8-11H2,1-2H3. The van der Waals surface area contributed by atoms with Crippen LogP contribution >= 0.6 is 0 Å². The van der Waals surface area contributed by atoms with Crippen molar-refractivity contribution in [3.63, 3.8) is 0 Å². The molecule has 0 unspecified atom stereocenters. The van der Waals surface area contributed by atoms with Gasteiger partial charge in [-0.3, -0.25) is 9.59 Å². The Labute approximate surface area is 147 Å². The number of aryl methyl sites for hydroxylation is 1. The summed E-state index contributed by atoms with van der Waals surface area (Å²) in [6, 6.07) is 6.21. The largest absolute Gasteiger partial charge is 0.357 e. The van der Waals surface area contributed by atoms with E-state index in [0.29, 0.717) is 37.9 Å². The lowest BCUT2D eigenvalue weighted by Crippen LogP contribution is -2.50. The second kappa shape index (κ2) is 6.10. The summed E-state index contributed by atoms with van der Waals surface area (Å²) in [5, 5.41) is 0. The highest BCUT2D eigenvalue weighted by Gasteiger charge is 2.31. The summed E-state index contributed by atoms with van der Waals surface area (Å²) in [7, 11) is 0. The monoisotopic (exact) mass is 340 g/mol. The molecule has 6 heteroatoms. The van der Waals surface area contributed by atoms with Crippen molar-refractivity contribution in [1.82, 2.24) is 19.4 Å². The molecule has 0 spiro atoms. The average Bonchev–Trinajstić information content (AvgIpc) is 3.19. The summed E-state index contributed by atoms with van der Waals surface area (Å²) in [5.41, 5.74) is 3.67. The summed E-state index contributed by atoms with van der Waals surface area (Å²) in [6.07, 6.45) is 4.18. The van der Waals surface area contributed by atoms with E-state index in [1.807, 2.05) is 28.9 Å². The molecule has 132 valence electrons. The summed E-state index contributed by atoms with van der Waals surface area (Å²) in [4.78, 5) is 32.0. The number of aromatic amines is 1. The number of carbonyl (C=O) groups excluding carboxylic acids is 2. The molecule has 1 aliphatic carbocycles. The lowest BCUT2D eigenvalue weighted by atomic mass is 10.2. The van der Waals surface area contributed by atoms with Gasteiger partial charge in [-0.15, -0.1) is 0 Å². The van der Waals surface area contributed by atoms with Gasteiger partial charge in [-0.2, -0.15) is 0 Å². The van der Waals surface area contributed by atoms with Gasteiger partial charge in [0.05, 0.1) is 5.56 Å². The van der Waals surface area contributed by atoms with Crippen LogP contribution in [0.1, 0.15) is 51.1 Å². The van der Waals surface area contributed by atoms with Crippen LogP contribution in [0.4, 0.5) is 0 Å². The van der Waals surface area contributed by atoms with E-state index in [1.165, 1.54) is 18.5 Å². The zero-order valence-corrected chi connectivity index (χ0v) is 14.8. The number of aromatic nitrogens is 2. The van der Waals surface area contributed by atoms with Gasteiger partial charge < -0.3 is 19.4 Å². The third-order valence-corrected chi connectivity index (χ3v) is 5.31. The second-order valence-electron chi connectivity index (χ2n) is 7.05. The smallest absolute Gasteiger partial charge is 0.270 e. The van der Waals surface area contributed by atoms with Gasteiger partial charge in [-0.25, -0.2) is 0 Å². The molecule has 1 saturated heterocycles.